The Bertz CT molecular complexity index is 2120. The molecule has 53 heavy (non-hydrogen) atoms. The minimum Gasteiger partial charge on any atom is -0.491 e. The maximum absolute atomic E-state index is 13.6. The van der Waals surface area contributed by atoms with Crippen molar-refractivity contribution in [3.8, 4) is 17.2 Å². The molecule has 0 aliphatic rings. The molecule has 2 amide bonds. The number of amides is 2. The number of esters is 1. The third-order valence-corrected chi connectivity index (χ3v) is 8.13. The summed E-state index contributed by atoms with van der Waals surface area (Å²) in [4.78, 5) is 50.1. The van der Waals surface area contributed by atoms with E-state index in [2.05, 4.69) is 16.7 Å². The van der Waals surface area contributed by atoms with Gasteiger partial charge in [-0.1, -0.05) is 55.8 Å². The molecular weight excluding hydrogens is 682 g/mol. The summed E-state index contributed by atoms with van der Waals surface area (Å²) in [5.41, 5.74) is 1.77. The highest BCUT2D eigenvalue weighted by atomic mass is 16.6. The van der Waals surface area contributed by atoms with Gasteiger partial charge in [-0.25, -0.2) is 4.79 Å². The third kappa shape index (κ3) is 9.86. The number of carbonyl (C=O) groups excluding carboxylic acids is 3. The summed E-state index contributed by atoms with van der Waals surface area (Å²) >= 11 is 0. The predicted molar refractivity (Wildman–Crippen MR) is 199 cm³/mol. The van der Waals surface area contributed by atoms with Crippen LogP contribution in [0.25, 0.3) is 10.8 Å². The molecule has 0 atom stereocenters. The SMILES string of the molecule is CCCCOc1cc(C(=O)OC)ccc1NC(=O)c1ccc(NC(=O)c2ccc([N+](=O)[O-])c(OCCO)c2)c(OCCc2ccc3ccccc3c2)c1. The van der Waals surface area contributed by atoms with Gasteiger partial charge in [-0.05, 0) is 65.2 Å². The second-order valence-electron chi connectivity index (χ2n) is 11.8. The average Bonchev–Trinajstić information content (AvgIpc) is 3.17. The van der Waals surface area contributed by atoms with Gasteiger partial charge in [-0.15, -0.1) is 0 Å². The van der Waals surface area contributed by atoms with Gasteiger partial charge in [0.2, 0.25) is 0 Å². The van der Waals surface area contributed by atoms with Gasteiger partial charge in [-0.3, -0.25) is 19.7 Å². The molecule has 0 fully saturated rings. The topological polar surface area (TPSA) is 176 Å². The van der Waals surface area contributed by atoms with E-state index >= 15 is 0 Å². The molecule has 5 aromatic carbocycles. The van der Waals surface area contributed by atoms with Crippen LogP contribution in [0.1, 0.15) is 56.4 Å². The van der Waals surface area contributed by atoms with E-state index in [1.165, 1.54) is 49.6 Å². The monoisotopic (exact) mass is 721 g/mol. The molecule has 3 N–H and O–H groups in total. The zero-order valence-corrected chi connectivity index (χ0v) is 29.3. The Morgan fingerprint density at radius 1 is 0.698 bits per heavy atom. The third-order valence-electron chi connectivity index (χ3n) is 8.13. The first-order valence-electron chi connectivity index (χ1n) is 16.9. The number of hydrogen-bond donors (Lipinski definition) is 3. The van der Waals surface area contributed by atoms with E-state index in [1.54, 1.807) is 6.07 Å². The van der Waals surface area contributed by atoms with E-state index < -0.39 is 22.7 Å². The Kier molecular flexibility index (Phi) is 12.9. The van der Waals surface area contributed by atoms with Crippen molar-refractivity contribution >= 4 is 45.6 Å². The van der Waals surface area contributed by atoms with E-state index in [0.717, 1.165) is 35.2 Å². The van der Waals surface area contributed by atoms with Crippen molar-refractivity contribution in [3.05, 3.63) is 129 Å². The van der Waals surface area contributed by atoms with Crippen molar-refractivity contribution in [1.29, 1.82) is 0 Å². The Labute approximate surface area is 305 Å². The highest BCUT2D eigenvalue weighted by molar-refractivity contribution is 6.08. The highest BCUT2D eigenvalue weighted by Crippen LogP contribution is 2.32. The fraction of sp³-hybridized carbons (Fsp3) is 0.225. The van der Waals surface area contributed by atoms with Gasteiger partial charge in [0, 0.05) is 29.7 Å². The van der Waals surface area contributed by atoms with Crippen LogP contribution >= 0.6 is 0 Å². The van der Waals surface area contributed by atoms with Crippen molar-refractivity contribution < 1.29 is 43.4 Å². The fourth-order valence-electron chi connectivity index (χ4n) is 5.34. The van der Waals surface area contributed by atoms with Crippen molar-refractivity contribution in [2.45, 2.75) is 26.2 Å². The number of nitrogens with zero attached hydrogens (tertiary/aromatic N) is 1. The number of fused-ring (bicyclic) bond motifs is 1. The summed E-state index contributed by atoms with van der Waals surface area (Å²) in [6, 6.07) is 26.9. The van der Waals surface area contributed by atoms with E-state index in [9.17, 15) is 24.5 Å². The molecule has 0 aliphatic carbocycles. The van der Waals surface area contributed by atoms with E-state index in [0.29, 0.717) is 24.5 Å². The van der Waals surface area contributed by atoms with Gasteiger partial charge in [-0.2, -0.15) is 0 Å². The number of nitro benzene ring substituents is 1. The van der Waals surface area contributed by atoms with E-state index in [4.69, 9.17) is 24.1 Å². The smallest absolute Gasteiger partial charge is 0.337 e. The van der Waals surface area contributed by atoms with Crippen molar-refractivity contribution in [1.82, 2.24) is 0 Å². The van der Waals surface area contributed by atoms with Crippen LogP contribution in [0.5, 0.6) is 17.2 Å². The maximum atomic E-state index is 13.6. The number of carbonyl (C=O) groups is 3. The molecule has 5 rings (SSSR count). The lowest BCUT2D eigenvalue weighted by Gasteiger charge is -2.16. The summed E-state index contributed by atoms with van der Waals surface area (Å²) in [7, 11) is 1.28. The minimum atomic E-state index is -0.645. The number of unbranched alkanes of at least 4 members (excludes halogenated alkanes) is 1. The predicted octanol–water partition coefficient (Wildman–Crippen LogP) is 7.21. The van der Waals surface area contributed by atoms with Gasteiger partial charge in [0.05, 0.1) is 48.8 Å². The second kappa shape index (κ2) is 18.1. The number of rotatable bonds is 17. The zero-order valence-electron chi connectivity index (χ0n) is 29.3. The number of methoxy groups -OCH3 is 1. The van der Waals surface area contributed by atoms with E-state index in [1.807, 2.05) is 43.3 Å². The lowest BCUT2D eigenvalue weighted by molar-refractivity contribution is -0.385. The molecule has 13 nitrogen and oxygen atoms in total. The number of aliphatic hydroxyl groups is 1. The summed E-state index contributed by atoms with van der Waals surface area (Å²) in [6.07, 6.45) is 2.17. The number of benzene rings is 5. The molecule has 0 saturated heterocycles. The van der Waals surface area contributed by atoms with Crippen LogP contribution in [-0.4, -0.2) is 61.4 Å². The minimum absolute atomic E-state index is 0.0541. The fourth-order valence-corrected chi connectivity index (χ4v) is 5.34. The largest absolute Gasteiger partial charge is 0.491 e. The molecule has 0 heterocycles. The van der Waals surface area contributed by atoms with Crippen LogP contribution in [0.15, 0.2) is 97.1 Å². The highest BCUT2D eigenvalue weighted by Gasteiger charge is 2.21. The van der Waals surface area contributed by atoms with Gasteiger partial charge < -0.3 is 34.7 Å². The second-order valence-corrected chi connectivity index (χ2v) is 11.8. The molecule has 0 aliphatic heterocycles. The average molecular weight is 722 g/mol. The summed E-state index contributed by atoms with van der Waals surface area (Å²) in [5.74, 6) is -1.34. The number of anilines is 2. The molecule has 0 saturated carbocycles. The van der Waals surface area contributed by atoms with Gasteiger partial charge in [0.25, 0.3) is 11.8 Å². The van der Waals surface area contributed by atoms with Gasteiger partial charge in [0.15, 0.2) is 5.75 Å². The van der Waals surface area contributed by atoms with Gasteiger partial charge in [0.1, 0.15) is 18.1 Å². The number of aliphatic hydroxyl groups excluding tert-OH is 1. The van der Waals surface area contributed by atoms with Crippen molar-refractivity contribution in [2.24, 2.45) is 0 Å². The van der Waals surface area contributed by atoms with Crippen LogP contribution < -0.4 is 24.8 Å². The first kappa shape index (κ1) is 37.8. The number of hydrogen-bond acceptors (Lipinski definition) is 10. The zero-order chi connectivity index (χ0) is 37.7. The first-order valence-corrected chi connectivity index (χ1v) is 16.9. The first-order chi connectivity index (χ1) is 25.7. The lowest BCUT2D eigenvalue weighted by atomic mass is 10.1. The Morgan fingerprint density at radius 2 is 1.28 bits per heavy atom. The van der Waals surface area contributed by atoms with Crippen LogP contribution in [-0.2, 0) is 11.2 Å². The lowest BCUT2D eigenvalue weighted by Crippen LogP contribution is -2.16. The van der Waals surface area contributed by atoms with Crippen LogP contribution in [0.2, 0.25) is 0 Å². The van der Waals surface area contributed by atoms with Crippen LogP contribution in [0.3, 0.4) is 0 Å². The standard InChI is InChI=1S/C40H39N3O10/c1-3-4-19-51-36-25-31(40(47)50-2)12-15-33(36)42-38(45)29-11-14-32(41-39(46)30-13-16-34(43(48)49)37(24-30)53-21-18-44)35(23-29)52-20-17-26-9-10-27-7-5-6-8-28(27)22-26/h5-16,22-25,44H,3-4,17-21H2,1-2H3,(H,41,46)(H,42,45). The van der Waals surface area contributed by atoms with Crippen LogP contribution in [0, 0.1) is 10.1 Å². The molecule has 5 aromatic rings. The summed E-state index contributed by atoms with van der Waals surface area (Å²) < 4.78 is 22.2. The molecule has 274 valence electrons. The number of ether oxygens (including phenoxy) is 4. The Hall–Kier alpha value is -6.47. The van der Waals surface area contributed by atoms with Crippen molar-refractivity contribution in [3.63, 3.8) is 0 Å². The Balaban J connectivity index is 1.41. The molecule has 0 radical (unpaired) electrons. The normalized spacial score (nSPS) is 10.7. The maximum Gasteiger partial charge on any atom is 0.337 e. The van der Waals surface area contributed by atoms with Crippen molar-refractivity contribution in [2.75, 3.05) is 44.2 Å². The Morgan fingerprint density at radius 3 is 1.92 bits per heavy atom. The van der Waals surface area contributed by atoms with Gasteiger partial charge >= 0.3 is 11.7 Å². The summed E-state index contributed by atoms with van der Waals surface area (Å²) in [6.45, 7) is 2.01. The van der Waals surface area contributed by atoms with Crippen LogP contribution in [0.4, 0.5) is 17.1 Å². The number of nitro groups is 1. The molecule has 0 spiro atoms. The quantitative estimate of drug-likeness (QED) is 0.0385. The number of nitrogens with one attached hydrogen (secondary N) is 2. The molecule has 0 bridgehead atoms. The van der Waals surface area contributed by atoms with E-state index in [-0.39, 0.29) is 59.4 Å². The molecule has 13 heteroatoms. The molecule has 0 aromatic heterocycles. The summed E-state index contributed by atoms with van der Waals surface area (Å²) in [5, 5.41) is 28.5. The molecular formula is C40H39N3O10. The molecule has 0 unspecified atom stereocenters.